The van der Waals surface area contributed by atoms with Crippen molar-refractivity contribution in [3.8, 4) is 22.6 Å². The molecule has 5 rings (SSSR count). The molecular weight excluding hydrogens is 452 g/mol. The number of fused-ring (bicyclic) bond motifs is 2. The van der Waals surface area contributed by atoms with Gasteiger partial charge in [0.15, 0.2) is 5.82 Å². The summed E-state index contributed by atoms with van der Waals surface area (Å²) in [5.74, 6) is 0.314. The van der Waals surface area contributed by atoms with Crippen LogP contribution in [0.1, 0.15) is 0 Å². The average molecular weight is 464 g/mol. The minimum atomic E-state index is -0.479. The zero-order valence-corrected chi connectivity index (χ0v) is 17.2. The summed E-state index contributed by atoms with van der Waals surface area (Å²) in [6.45, 7) is 0. The Labute approximate surface area is 178 Å². The molecular formula is C23H12BrClN2O2. The van der Waals surface area contributed by atoms with Crippen LogP contribution in [0.25, 0.3) is 44.5 Å². The van der Waals surface area contributed by atoms with Crippen LogP contribution in [-0.2, 0) is 0 Å². The molecule has 2 aromatic heterocycles. The van der Waals surface area contributed by atoms with Gasteiger partial charge >= 0.3 is 5.63 Å². The number of halogens is 2. The predicted octanol–water partition coefficient (Wildman–Crippen LogP) is 6.49. The number of rotatable bonds is 2. The van der Waals surface area contributed by atoms with Crippen LogP contribution >= 0.6 is 27.5 Å². The second kappa shape index (κ2) is 7.10. The van der Waals surface area contributed by atoms with E-state index in [9.17, 15) is 4.79 Å². The topological polar surface area (TPSA) is 56.0 Å². The lowest BCUT2D eigenvalue weighted by Crippen LogP contribution is -2.06. The van der Waals surface area contributed by atoms with Gasteiger partial charge in [0, 0.05) is 25.8 Å². The van der Waals surface area contributed by atoms with Gasteiger partial charge in [0.05, 0.1) is 11.2 Å². The largest absolute Gasteiger partial charge is 0.422 e. The summed E-state index contributed by atoms with van der Waals surface area (Å²) < 4.78 is 6.39. The Morgan fingerprint density at radius 3 is 2.55 bits per heavy atom. The molecule has 0 atom stereocenters. The lowest BCUT2D eigenvalue weighted by Gasteiger charge is -2.09. The second-order valence-corrected chi connectivity index (χ2v) is 7.91. The standard InChI is InChI=1S/C23H12BrClN2O2/c24-15-6-9-20-14(10-15)11-18(23(28)29-20)22-26-19-8-7-16(25)12-17(19)21(27-22)13-4-2-1-3-5-13/h1-12H. The summed E-state index contributed by atoms with van der Waals surface area (Å²) in [5.41, 5.74) is 2.67. The normalized spacial score (nSPS) is 11.2. The van der Waals surface area contributed by atoms with E-state index in [2.05, 4.69) is 20.9 Å². The van der Waals surface area contributed by atoms with E-state index >= 15 is 0 Å². The van der Waals surface area contributed by atoms with Gasteiger partial charge in [0.25, 0.3) is 0 Å². The zero-order valence-electron chi connectivity index (χ0n) is 14.9. The number of nitrogens with zero attached hydrogens (tertiary/aromatic N) is 2. The first-order valence-corrected chi connectivity index (χ1v) is 10.0. The Morgan fingerprint density at radius 2 is 1.72 bits per heavy atom. The maximum atomic E-state index is 12.7. The molecule has 0 spiro atoms. The molecule has 0 aliphatic heterocycles. The highest BCUT2D eigenvalue weighted by molar-refractivity contribution is 9.10. The van der Waals surface area contributed by atoms with Gasteiger partial charge in [-0.3, -0.25) is 0 Å². The van der Waals surface area contributed by atoms with Crippen LogP contribution in [0, 0.1) is 0 Å². The Kier molecular flexibility index (Phi) is 4.42. The quantitative estimate of drug-likeness (QED) is 0.281. The van der Waals surface area contributed by atoms with Crippen LogP contribution < -0.4 is 5.63 Å². The van der Waals surface area contributed by atoms with Gasteiger partial charge in [0.2, 0.25) is 0 Å². The number of aromatic nitrogens is 2. The molecule has 6 heteroatoms. The van der Waals surface area contributed by atoms with Crippen molar-refractivity contribution in [1.29, 1.82) is 0 Å². The maximum Gasteiger partial charge on any atom is 0.347 e. The summed E-state index contributed by atoms with van der Waals surface area (Å²) in [7, 11) is 0. The van der Waals surface area contributed by atoms with E-state index in [1.54, 1.807) is 18.2 Å². The van der Waals surface area contributed by atoms with Crippen molar-refractivity contribution in [2.75, 3.05) is 0 Å². The SMILES string of the molecule is O=c1oc2ccc(Br)cc2cc1-c1nc(-c2ccccc2)c2cc(Cl)ccc2n1. The van der Waals surface area contributed by atoms with Crippen molar-refractivity contribution < 1.29 is 4.42 Å². The Balaban J connectivity index is 1.82. The zero-order chi connectivity index (χ0) is 20.0. The van der Waals surface area contributed by atoms with E-state index < -0.39 is 5.63 Å². The molecule has 3 aromatic carbocycles. The molecule has 0 unspecified atom stereocenters. The Bertz CT molecular complexity index is 1450. The highest BCUT2D eigenvalue weighted by atomic mass is 79.9. The fraction of sp³-hybridized carbons (Fsp3) is 0. The molecule has 0 aliphatic rings. The minimum absolute atomic E-state index is 0.310. The highest BCUT2D eigenvalue weighted by Gasteiger charge is 2.16. The monoisotopic (exact) mass is 462 g/mol. The first-order valence-electron chi connectivity index (χ1n) is 8.85. The molecule has 0 amide bonds. The molecule has 0 N–H and O–H groups in total. The fourth-order valence-electron chi connectivity index (χ4n) is 3.29. The molecule has 0 saturated carbocycles. The fourth-order valence-corrected chi connectivity index (χ4v) is 3.84. The van der Waals surface area contributed by atoms with Crippen LogP contribution in [0.5, 0.6) is 0 Å². The number of benzene rings is 3. The maximum absolute atomic E-state index is 12.7. The first-order chi connectivity index (χ1) is 14.1. The molecule has 5 aromatic rings. The second-order valence-electron chi connectivity index (χ2n) is 6.55. The van der Waals surface area contributed by atoms with E-state index in [0.29, 0.717) is 33.2 Å². The van der Waals surface area contributed by atoms with Gasteiger partial charge < -0.3 is 4.42 Å². The first kappa shape index (κ1) is 18.0. The number of hydrogen-bond acceptors (Lipinski definition) is 4. The Hall–Kier alpha value is -3.02. The summed E-state index contributed by atoms with van der Waals surface area (Å²) >= 11 is 9.66. The molecule has 0 aliphatic carbocycles. The van der Waals surface area contributed by atoms with Crippen LogP contribution in [0.3, 0.4) is 0 Å². The lowest BCUT2D eigenvalue weighted by molar-refractivity contribution is 0.563. The summed E-state index contributed by atoms with van der Waals surface area (Å²) in [5, 5.41) is 2.21. The third-order valence-corrected chi connectivity index (χ3v) is 5.37. The highest BCUT2D eigenvalue weighted by Crippen LogP contribution is 2.31. The minimum Gasteiger partial charge on any atom is -0.422 e. The summed E-state index contributed by atoms with van der Waals surface area (Å²) in [4.78, 5) is 22.0. The molecule has 29 heavy (non-hydrogen) atoms. The summed E-state index contributed by atoms with van der Waals surface area (Å²) in [6, 6.07) is 22.4. The van der Waals surface area contributed by atoms with Crippen molar-refractivity contribution in [3.05, 3.63) is 92.7 Å². The third-order valence-electron chi connectivity index (χ3n) is 4.64. The Morgan fingerprint density at radius 1 is 0.897 bits per heavy atom. The van der Waals surface area contributed by atoms with Crippen LogP contribution in [0.15, 0.2) is 86.5 Å². The van der Waals surface area contributed by atoms with Crippen molar-refractivity contribution in [2.24, 2.45) is 0 Å². The molecule has 140 valence electrons. The van der Waals surface area contributed by atoms with Crippen LogP contribution in [0.2, 0.25) is 5.02 Å². The van der Waals surface area contributed by atoms with E-state index in [0.717, 1.165) is 20.8 Å². The lowest BCUT2D eigenvalue weighted by atomic mass is 10.1. The summed E-state index contributed by atoms with van der Waals surface area (Å²) in [6.07, 6.45) is 0. The molecule has 2 heterocycles. The van der Waals surface area contributed by atoms with Crippen LogP contribution in [-0.4, -0.2) is 9.97 Å². The predicted molar refractivity (Wildman–Crippen MR) is 119 cm³/mol. The van der Waals surface area contributed by atoms with Gasteiger partial charge in [-0.2, -0.15) is 0 Å². The van der Waals surface area contributed by atoms with Crippen molar-refractivity contribution in [3.63, 3.8) is 0 Å². The van der Waals surface area contributed by atoms with Gasteiger partial charge in [0.1, 0.15) is 11.1 Å². The van der Waals surface area contributed by atoms with E-state index in [1.165, 1.54) is 0 Å². The number of hydrogen-bond donors (Lipinski definition) is 0. The van der Waals surface area contributed by atoms with Gasteiger partial charge in [-0.25, -0.2) is 14.8 Å². The van der Waals surface area contributed by atoms with Crippen LogP contribution in [0.4, 0.5) is 0 Å². The van der Waals surface area contributed by atoms with E-state index in [1.807, 2.05) is 54.6 Å². The smallest absolute Gasteiger partial charge is 0.347 e. The van der Waals surface area contributed by atoms with Gasteiger partial charge in [-0.05, 0) is 42.5 Å². The third kappa shape index (κ3) is 3.33. The molecule has 0 saturated heterocycles. The van der Waals surface area contributed by atoms with Crippen molar-refractivity contribution in [1.82, 2.24) is 9.97 Å². The van der Waals surface area contributed by atoms with E-state index in [4.69, 9.17) is 21.0 Å². The van der Waals surface area contributed by atoms with Crippen molar-refractivity contribution in [2.45, 2.75) is 0 Å². The van der Waals surface area contributed by atoms with Crippen molar-refractivity contribution >= 4 is 49.4 Å². The molecule has 0 radical (unpaired) electrons. The molecule has 0 bridgehead atoms. The molecule has 0 fully saturated rings. The van der Waals surface area contributed by atoms with E-state index in [-0.39, 0.29) is 0 Å². The van der Waals surface area contributed by atoms with Gasteiger partial charge in [-0.15, -0.1) is 0 Å². The molecule has 4 nitrogen and oxygen atoms in total. The van der Waals surface area contributed by atoms with Gasteiger partial charge in [-0.1, -0.05) is 57.9 Å². The average Bonchev–Trinajstić information content (AvgIpc) is 2.73.